The lowest BCUT2D eigenvalue weighted by molar-refractivity contribution is 0.244. The Morgan fingerprint density at radius 3 is 3.17 bits per heavy atom. The predicted octanol–water partition coefficient (Wildman–Crippen LogP) is 1.48. The smallest absolute Gasteiger partial charge is 0.0598 e. The van der Waals surface area contributed by atoms with Gasteiger partial charge in [0.2, 0.25) is 0 Å². The van der Waals surface area contributed by atoms with Gasteiger partial charge in [-0.2, -0.15) is 0 Å². The summed E-state index contributed by atoms with van der Waals surface area (Å²) in [6.45, 7) is 4.29. The normalized spacial score (nSPS) is 21.3. The number of aromatic nitrogens is 1. The topological polar surface area (TPSA) is 43.1 Å². The van der Waals surface area contributed by atoms with E-state index in [1.807, 2.05) is 0 Å². The Bertz CT molecular complexity index is 519. The quantitative estimate of drug-likeness (QED) is 0.766. The molecular formula is C14H20N4. The van der Waals surface area contributed by atoms with Crippen LogP contribution in [0.2, 0.25) is 0 Å². The fourth-order valence-corrected chi connectivity index (χ4v) is 2.58. The van der Waals surface area contributed by atoms with E-state index < -0.39 is 0 Å². The van der Waals surface area contributed by atoms with Crippen LogP contribution in [0.25, 0.3) is 10.9 Å². The fourth-order valence-electron chi connectivity index (χ4n) is 2.58. The highest BCUT2D eigenvalue weighted by atomic mass is 15.2. The van der Waals surface area contributed by atoms with Crippen LogP contribution in [0.1, 0.15) is 0 Å². The maximum Gasteiger partial charge on any atom is 0.0598 e. The molecule has 1 aliphatic rings. The number of piperazine rings is 1. The highest BCUT2D eigenvalue weighted by molar-refractivity contribution is 5.92. The molecule has 1 aromatic carbocycles. The number of H-pyrrole nitrogens is 1. The molecule has 3 rings (SSSR count). The molecule has 1 saturated heterocycles. The summed E-state index contributed by atoms with van der Waals surface area (Å²) < 4.78 is 0. The Kier molecular flexibility index (Phi) is 3.21. The molecule has 4 heteroatoms. The van der Waals surface area contributed by atoms with Gasteiger partial charge in [0, 0.05) is 49.3 Å². The van der Waals surface area contributed by atoms with Crippen LogP contribution in [0.15, 0.2) is 30.5 Å². The van der Waals surface area contributed by atoms with E-state index in [1.165, 1.54) is 16.6 Å². The minimum absolute atomic E-state index is 0.525. The van der Waals surface area contributed by atoms with E-state index in [0.29, 0.717) is 6.04 Å². The lowest BCUT2D eigenvalue weighted by Gasteiger charge is -2.31. The molecule has 0 radical (unpaired) electrons. The molecule has 2 aromatic rings. The Morgan fingerprint density at radius 1 is 1.39 bits per heavy atom. The zero-order valence-corrected chi connectivity index (χ0v) is 10.7. The second kappa shape index (κ2) is 5.00. The first kappa shape index (κ1) is 11.6. The van der Waals surface area contributed by atoms with Crippen LogP contribution in [-0.2, 0) is 0 Å². The minimum Gasteiger partial charge on any atom is -0.382 e. The summed E-state index contributed by atoms with van der Waals surface area (Å²) >= 11 is 0. The van der Waals surface area contributed by atoms with E-state index in [9.17, 15) is 0 Å². The molecule has 3 N–H and O–H groups in total. The number of rotatable bonds is 3. The van der Waals surface area contributed by atoms with Crippen LogP contribution in [0.3, 0.4) is 0 Å². The van der Waals surface area contributed by atoms with Crippen molar-refractivity contribution in [3.05, 3.63) is 30.5 Å². The first-order valence-electron chi connectivity index (χ1n) is 6.55. The van der Waals surface area contributed by atoms with Gasteiger partial charge in [-0.1, -0.05) is 18.2 Å². The largest absolute Gasteiger partial charge is 0.382 e. The minimum atomic E-state index is 0.525. The number of hydrogen-bond donors (Lipinski definition) is 3. The maximum absolute atomic E-state index is 3.55. The van der Waals surface area contributed by atoms with Crippen LogP contribution < -0.4 is 10.6 Å². The van der Waals surface area contributed by atoms with Crippen molar-refractivity contribution in [2.75, 3.05) is 38.5 Å². The summed E-state index contributed by atoms with van der Waals surface area (Å²) in [4.78, 5) is 5.66. The third-order valence-electron chi connectivity index (χ3n) is 3.59. The molecule has 0 spiro atoms. The standard InChI is InChI=1S/C14H20N4/c1-18-7-6-15-11(10-18)8-16-14-9-17-13-5-3-2-4-12(13)14/h2-5,9,11,15-17H,6-8,10H2,1H3. The Labute approximate surface area is 107 Å². The van der Waals surface area contributed by atoms with Crippen molar-refractivity contribution in [1.82, 2.24) is 15.2 Å². The van der Waals surface area contributed by atoms with E-state index >= 15 is 0 Å². The van der Waals surface area contributed by atoms with Crippen molar-refractivity contribution in [3.63, 3.8) is 0 Å². The second-order valence-corrected chi connectivity index (χ2v) is 5.04. The second-order valence-electron chi connectivity index (χ2n) is 5.04. The number of hydrogen-bond acceptors (Lipinski definition) is 3. The maximum atomic E-state index is 3.55. The molecule has 0 bridgehead atoms. The van der Waals surface area contributed by atoms with Crippen LogP contribution in [0, 0.1) is 0 Å². The third-order valence-corrected chi connectivity index (χ3v) is 3.59. The van der Waals surface area contributed by atoms with E-state index in [4.69, 9.17) is 0 Å². The molecular weight excluding hydrogens is 224 g/mol. The van der Waals surface area contributed by atoms with Gasteiger partial charge in [0.05, 0.1) is 5.69 Å². The van der Waals surface area contributed by atoms with Gasteiger partial charge >= 0.3 is 0 Å². The van der Waals surface area contributed by atoms with Crippen LogP contribution in [0.4, 0.5) is 5.69 Å². The number of likely N-dealkylation sites (N-methyl/N-ethyl adjacent to an activating group) is 1. The molecule has 1 aliphatic heterocycles. The lowest BCUT2D eigenvalue weighted by Crippen LogP contribution is -2.51. The van der Waals surface area contributed by atoms with Crippen molar-refractivity contribution >= 4 is 16.6 Å². The van der Waals surface area contributed by atoms with Crippen molar-refractivity contribution in [3.8, 4) is 0 Å². The number of aromatic amines is 1. The van der Waals surface area contributed by atoms with Gasteiger partial charge in [-0.15, -0.1) is 0 Å². The zero-order valence-electron chi connectivity index (χ0n) is 10.7. The molecule has 0 amide bonds. The molecule has 1 fully saturated rings. The van der Waals surface area contributed by atoms with Gasteiger partial charge in [-0.05, 0) is 13.1 Å². The SMILES string of the molecule is CN1CCNC(CNc2c[nH]c3ccccc23)C1. The van der Waals surface area contributed by atoms with Crippen LogP contribution in [0.5, 0.6) is 0 Å². The Balaban J connectivity index is 1.66. The zero-order chi connectivity index (χ0) is 12.4. The first-order chi connectivity index (χ1) is 8.83. The molecule has 1 unspecified atom stereocenters. The van der Waals surface area contributed by atoms with Crippen molar-refractivity contribution in [1.29, 1.82) is 0 Å². The summed E-state index contributed by atoms with van der Waals surface area (Å²) in [6.07, 6.45) is 2.05. The lowest BCUT2D eigenvalue weighted by atomic mass is 10.2. The summed E-state index contributed by atoms with van der Waals surface area (Å²) in [6, 6.07) is 8.91. The molecule has 4 nitrogen and oxygen atoms in total. The van der Waals surface area contributed by atoms with Crippen molar-refractivity contribution in [2.24, 2.45) is 0 Å². The summed E-state index contributed by atoms with van der Waals surface area (Å²) in [5.74, 6) is 0. The highest BCUT2D eigenvalue weighted by Crippen LogP contribution is 2.22. The van der Waals surface area contributed by atoms with Gasteiger partial charge in [-0.25, -0.2) is 0 Å². The van der Waals surface area contributed by atoms with Crippen LogP contribution in [-0.4, -0.2) is 49.2 Å². The van der Waals surface area contributed by atoms with Gasteiger partial charge in [0.1, 0.15) is 0 Å². The predicted molar refractivity (Wildman–Crippen MR) is 76.1 cm³/mol. The molecule has 1 aromatic heterocycles. The number of nitrogens with zero attached hydrogens (tertiary/aromatic N) is 1. The van der Waals surface area contributed by atoms with E-state index in [0.717, 1.165) is 26.2 Å². The van der Waals surface area contributed by atoms with Crippen molar-refractivity contribution in [2.45, 2.75) is 6.04 Å². The van der Waals surface area contributed by atoms with E-state index in [1.54, 1.807) is 0 Å². The van der Waals surface area contributed by atoms with E-state index in [2.05, 4.69) is 58.0 Å². The van der Waals surface area contributed by atoms with E-state index in [-0.39, 0.29) is 0 Å². The van der Waals surface area contributed by atoms with Gasteiger partial charge in [0.25, 0.3) is 0 Å². The number of para-hydroxylation sites is 1. The van der Waals surface area contributed by atoms with Crippen LogP contribution >= 0.6 is 0 Å². The third kappa shape index (κ3) is 2.35. The summed E-state index contributed by atoms with van der Waals surface area (Å²) in [5.41, 5.74) is 2.38. The molecule has 1 atom stereocenters. The molecule has 0 saturated carbocycles. The fraction of sp³-hybridized carbons (Fsp3) is 0.429. The van der Waals surface area contributed by atoms with Gasteiger partial charge in [-0.3, -0.25) is 0 Å². The molecule has 96 valence electrons. The van der Waals surface area contributed by atoms with Gasteiger partial charge in [0.15, 0.2) is 0 Å². The Morgan fingerprint density at radius 2 is 2.28 bits per heavy atom. The van der Waals surface area contributed by atoms with Gasteiger partial charge < -0.3 is 20.5 Å². The average molecular weight is 244 g/mol. The Hall–Kier alpha value is -1.52. The molecule has 0 aliphatic carbocycles. The highest BCUT2D eigenvalue weighted by Gasteiger charge is 2.16. The number of nitrogens with one attached hydrogen (secondary N) is 3. The molecule has 18 heavy (non-hydrogen) atoms. The summed E-state index contributed by atoms with van der Waals surface area (Å²) in [7, 11) is 2.18. The number of fused-ring (bicyclic) bond motifs is 1. The monoisotopic (exact) mass is 244 g/mol. The first-order valence-corrected chi connectivity index (χ1v) is 6.55. The average Bonchev–Trinajstić information content (AvgIpc) is 2.80. The summed E-state index contributed by atoms with van der Waals surface area (Å²) in [5, 5.41) is 8.35. The number of benzene rings is 1. The molecule has 2 heterocycles. The number of anilines is 1. The van der Waals surface area contributed by atoms with Crippen molar-refractivity contribution < 1.29 is 0 Å².